The van der Waals surface area contributed by atoms with Crippen LogP contribution in [0.1, 0.15) is 53.1 Å². The van der Waals surface area contributed by atoms with E-state index in [9.17, 15) is 0 Å². The molecule has 40 heavy (non-hydrogen) atoms. The number of aryl methyl sites for hydroxylation is 1. The Morgan fingerprint density at radius 3 is 2.60 bits per heavy atom. The average Bonchev–Trinajstić information content (AvgIpc) is 3.47. The Bertz CT molecular complexity index is 1550. The predicted molar refractivity (Wildman–Crippen MR) is 172 cm³/mol. The summed E-state index contributed by atoms with van der Waals surface area (Å²) in [6, 6.07) is 30.0. The lowest BCUT2D eigenvalue weighted by Crippen LogP contribution is -2.29. The summed E-state index contributed by atoms with van der Waals surface area (Å²) in [6.07, 6.45) is 7.73. The highest BCUT2D eigenvalue weighted by molar-refractivity contribution is 14.1. The summed E-state index contributed by atoms with van der Waals surface area (Å²) < 4.78 is 13.1. The van der Waals surface area contributed by atoms with Crippen LogP contribution in [0, 0.1) is 16.4 Å². The summed E-state index contributed by atoms with van der Waals surface area (Å²) in [5.74, 6) is 2.51. The number of ether oxygens (including phenoxy) is 2. The number of nitrogens with one attached hydrogen (secondary N) is 1. The van der Waals surface area contributed by atoms with Crippen molar-refractivity contribution in [3.8, 4) is 11.5 Å². The summed E-state index contributed by atoms with van der Waals surface area (Å²) in [4.78, 5) is 4.78. The first kappa shape index (κ1) is 26.6. The molecule has 4 nitrogen and oxygen atoms in total. The van der Waals surface area contributed by atoms with Gasteiger partial charge in [-0.3, -0.25) is 4.99 Å². The van der Waals surface area contributed by atoms with E-state index in [1.165, 1.54) is 22.4 Å². The first-order valence-corrected chi connectivity index (χ1v) is 15.0. The maximum absolute atomic E-state index is 6.17. The highest BCUT2D eigenvalue weighted by Crippen LogP contribution is 2.50. The van der Waals surface area contributed by atoms with E-state index in [4.69, 9.17) is 14.5 Å². The van der Waals surface area contributed by atoms with Gasteiger partial charge >= 0.3 is 0 Å². The van der Waals surface area contributed by atoms with Gasteiger partial charge < -0.3 is 14.8 Å². The third kappa shape index (κ3) is 5.66. The molecule has 0 bridgehead atoms. The lowest BCUT2D eigenvalue weighted by atomic mass is 9.76. The van der Waals surface area contributed by atoms with Gasteiger partial charge in [-0.2, -0.15) is 0 Å². The number of nitrogens with zero attached hydrogens (tertiary/aromatic N) is 1. The smallest absolute Gasteiger partial charge is 0.175 e. The van der Waals surface area contributed by atoms with Gasteiger partial charge in [0, 0.05) is 17.8 Å². The minimum atomic E-state index is 0.284. The summed E-state index contributed by atoms with van der Waals surface area (Å²) in [7, 11) is 0. The van der Waals surface area contributed by atoms with Gasteiger partial charge in [0.15, 0.2) is 11.5 Å². The number of allylic oxidation sites excluding steroid dienone is 2. The number of hydrogen-bond acceptors (Lipinski definition) is 4. The fourth-order valence-electron chi connectivity index (χ4n) is 5.76. The summed E-state index contributed by atoms with van der Waals surface area (Å²) in [5, 5.41) is 3.83. The molecule has 0 saturated carbocycles. The van der Waals surface area contributed by atoms with Crippen molar-refractivity contribution < 1.29 is 9.47 Å². The topological polar surface area (TPSA) is 42.8 Å². The third-order valence-corrected chi connectivity index (χ3v) is 8.49. The van der Waals surface area contributed by atoms with E-state index in [0.29, 0.717) is 25.0 Å². The minimum Gasteiger partial charge on any atom is -0.490 e. The van der Waals surface area contributed by atoms with Crippen molar-refractivity contribution in [3.63, 3.8) is 0 Å². The van der Waals surface area contributed by atoms with Crippen LogP contribution >= 0.6 is 22.6 Å². The maximum atomic E-state index is 6.17. The molecule has 0 spiro atoms. The van der Waals surface area contributed by atoms with Gasteiger partial charge in [-0.25, -0.2) is 0 Å². The summed E-state index contributed by atoms with van der Waals surface area (Å²) in [5.41, 5.74) is 8.32. The second kappa shape index (κ2) is 11.9. The molecule has 1 N–H and O–H groups in total. The average molecular weight is 641 g/mol. The summed E-state index contributed by atoms with van der Waals surface area (Å²) in [6.45, 7) is 5.22. The monoisotopic (exact) mass is 640 g/mol. The molecule has 4 aromatic carbocycles. The lowest BCUT2D eigenvalue weighted by Gasteiger charge is -2.37. The van der Waals surface area contributed by atoms with Crippen LogP contribution in [0.25, 0.3) is 0 Å². The molecule has 1 aliphatic carbocycles. The fraction of sp³-hybridized carbons (Fsp3) is 0.229. The largest absolute Gasteiger partial charge is 0.490 e. The molecule has 0 fully saturated rings. The Morgan fingerprint density at radius 2 is 1.80 bits per heavy atom. The highest BCUT2D eigenvalue weighted by Gasteiger charge is 2.37. The first-order chi connectivity index (χ1) is 19.6. The zero-order valence-electron chi connectivity index (χ0n) is 22.8. The molecule has 202 valence electrons. The van der Waals surface area contributed by atoms with E-state index >= 15 is 0 Å². The molecule has 3 atom stereocenters. The normalized spacial score (nSPS) is 19.2. The van der Waals surface area contributed by atoms with Crippen molar-refractivity contribution in [3.05, 3.63) is 128 Å². The van der Waals surface area contributed by atoms with Gasteiger partial charge in [0.1, 0.15) is 6.61 Å². The Balaban J connectivity index is 1.18. The molecular weight excluding hydrogens is 607 g/mol. The molecule has 2 aliphatic rings. The van der Waals surface area contributed by atoms with Gasteiger partial charge in [-0.15, -0.1) is 0 Å². The molecule has 0 amide bonds. The maximum Gasteiger partial charge on any atom is 0.175 e. The van der Waals surface area contributed by atoms with Gasteiger partial charge in [-0.1, -0.05) is 72.3 Å². The number of fused-ring (bicyclic) bond motifs is 3. The second-order valence-electron chi connectivity index (χ2n) is 10.5. The van der Waals surface area contributed by atoms with Gasteiger partial charge in [0.2, 0.25) is 0 Å². The quantitative estimate of drug-likeness (QED) is 0.119. The SMILES string of the molecule is CCOc1cc(C=Nc2ccc([C@@H]3Nc4ccc(C)cc4[C@H]4C=CC[C@H]43)cc2)cc(I)c1OCc1ccccc1. The van der Waals surface area contributed by atoms with Crippen molar-refractivity contribution in [1.82, 2.24) is 0 Å². The molecule has 5 heteroatoms. The van der Waals surface area contributed by atoms with E-state index in [-0.39, 0.29) is 6.04 Å². The molecule has 0 saturated heterocycles. The van der Waals surface area contributed by atoms with E-state index in [1.54, 1.807) is 0 Å². The zero-order valence-corrected chi connectivity index (χ0v) is 25.0. The van der Waals surface area contributed by atoms with E-state index in [2.05, 4.69) is 108 Å². The zero-order chi connectivity index (χ0) is 27.5. The molecule has 0 radical (unpaired) electrons. The van der Waals surface area contributed by atoms with Crippen LogP contribution in [0.15, 0.2) is 102 Å². The molecule has 0 unspecified atom stereocenters. The third-order valence-electron chi connectivity index (χ3n) is 7.69. The standard InChI is InChI=1S/C35H33IN2O2/c1-3-39-33-20-25(19-31(36)35(33)40-22-24-8-5-4-6-9-24)21-37-27-15-13-26(14-16-27)34-29-11-7-10-28(29)30-18-23(2)12-17-32(30)38-34/h4-10,12-21,28-29,34,38H,3,11,22H2,1-2H3/t28-,29+,34-/m0/s1. The molecular formula is C35H33IN2O2. The number of hydrogen-bond donors (Lipinski definition) is 1. The van der Waals surface area contributed by atoms with E-state index in [0.717, 1.165) is 38.3 Å². The van der Waals surface area contributed by atoms with Gasteiger partial charge in [0.25, 0.3) is 0 Å². The molecule has 1 heterocycles. The first-order valence-electron chi connectivity index (χ1n) is 13.9. The number of benzene rings is 4. The number of aliphatic imine (C=N–C) groups is 1. The second-order valence-corrected chi connectivity index (χ2v) is 11.6. The van der Waals surface area contributed by atoms with Crippen molar-refractivity contribution >= 4 is 40.2 Å². The van der Waals surface area contributed by atoms with E-state index in [1.807, 2.05) is 37.4 Å². The Kier molecular flexibility index (Phi) is 7.91. The van der Waals surface area contributed by atoms with Crippen molar-refractivity contribution in [2.45, 2.75) is 38.8 Å². The van der Waals surface area contributed by atoms with Gasteiger partial charge in [0.05, 0.1) is 21.9 Å². The van der Waals surface area contributed by atoms with Crippen LogP contribution in [-0.2, 0) is 6.61 Å². The molecule has 6 rings (SSSR count). The lowest BCUT2D eigenvalue weighted by molar-refractivity contribution is 0.267. The number of halogens is 1. The van der Waals surface area contributed by atoms with Crippen molar-refractivity contribution in [1.29, 1.82) is 0 Å². The summed E-state index contributed by atoms with van der Waals surface area (Å²) >= 11 is 2.31. The van der Waals surface area contributed by atoms with Crippen LogP contribution in [0.5, 0.6) is 11.5 Å². The van der Waals surface area contributed by atoms with Crippen LogP contribution in [0.4, 0.5) is 11.4 Å². The van der Waals surface area contributed by atoms with Crippen LogP contribution < -0.4 is 14.8 Å². The fourth-order valence-corrected chi connectivity index (χ4v) is 6.54. The molecule has 1 aliphatic heterocycles. The van der Waals surface area contributed by atoms with Crippen LogP contribution in [-0.4, -0.2) is 12.8 Å². The van der Waals surface area contributed by atoms with E-state index < -0.39 is 0 Å². The Morgan fingerprint density at radius 1 is 0.975 bits per heavy atom. The van der Waals surface area contributed by atoms with Crippen LogP contribution in [0.2, 0.25) is 0 Å². The Labute approximate surface area is 250 Å². The van der Waals surface area contributed by atoms with Gasteiger partial charge in [-0.05, 0) is 101 Å². The van der Waals surface area contributed by atoms with Crippen molar-refractivity contribution in [2.75, 3.05) is 11.9 Å². The Hall–Kier alpha value is -3.58. The highest BCUT2D eigenvalue weighted by atomic mass is 127. The number of rotatable bonds is 8. The molecule has 4 aromatic rings. The number of anilines is 1. The predicted octanol–water partition coefficient (Wildman–Crippen LogP) is 9.15. The van der Waals surface area contributed by atoms with Crippen molar-refractivity contribution in [2.24, 2.45) is 10.9 Å². The minimum absolute atomic E-state index is 0.284. The van der Waals surface area contributed by atoms with Crippen LogP contribution in [0.3, 0.4) is 0 Å². The molecule has 0 aromatic heterocycles.